The normalized spacial score (nSPS) is 16.8. The highest BCUT2D eigenvalue weighted by molar-refractivity contribution is 7.17. The van der Waals surface area contributed by atoms with Crippen molar-refractivity contribution in [2.45, 2.75) is 46.2 Å². The van der Waals surface area contributed by atoms with Crippen LogP contribution in [0.15, 0.2) is 42.0 Å². The molecule has 1 atom stereocenters. The van der Waals surface area contributed by atoms with Crippen molar-refractivity contribution in [1.82, 2.24) is 24.7 Å². The average molecular weight is 419 g/mol. The molecule has 1 fully saturated rings. The molecule has 1 saturated heterocycles. The minimum Gasteiger partial charge on any atom is -0.346 e. The van der Waals surface area contributed by atoms with Crippen molar-refractivity contribution >= 4 is 27.4 Å². The van der Waals surface area contributed by atoms with Crippen molar-refractivity contribution in [1.29, 1.82) is 0 Å². The third kappa shape index (κ3) is 3.37. The minimum atomic E-state index is 0.187. The number of aromatic nitrogens is 5. The number of hydrogen-bond acceptors (Lipinski definition) is 6. The summed E-state index contributed by atoms with van der Waals surface area (Å²) in [5.41, 5.74) is 2.41. The molecule has 0 spiro atoms. The van der Waals surface area contributed by atoms with Crippen molar-refractivity contribution < 1.29 is 0 Å². The van der Waals surface area contributed by atoms with E-state index in [0.29, 0.717) is 5.92 Å². The van der Waals surface area contributed by atoms with Gasteiger partial charge in [0.2, 0.25) is 0 Å². The summed E-state index contributed by atoms with van der Waals surface area (Å²) in [7, 11) is 0. The van der Waals surface area contributed by atoms with Gasteiger partial charge in [0.25, 0.3) is 0 Å². The molecule has 4 aromatic rings. The number of rotatable bonds is 5. The molecule has 0 aliphatic carbocycles. The zero-order chi connectivity index (χ0) is 20.7. The van der Waals surface area contributed by atoms with Crippen molar-refractivity contribution in [2.24, 2.45) is 5.92 Å². The first-order chi connectivity index (χ1) is 14.6. The highest BCUT2D eigenvalue weighted by Gasteiger charge is 2.33. The van der Waals surface area contributed by atoms with Crippen LogP contribution in [0.2, 0.25) is 0 Å². The number of anilines is 1. The van der Waals surface area contributed by atoms with Gasteiger partial charge in [-0.25, -0.2) is 9.97 Å². The number of fused-ring (bicyclic) bond motifs is 1. The Bertz CT molecular complexity index is 1160. The predicted octanol–water partition coefficient (Wildman–Crippen LogP) is 5.26. The van der Waals surface area contributed by atoms with Crippen LogP contribution in [0.25, 0.3) is 21.3 Å². The van der Waals surface area contributed by atoms with Crippen LogP contribution in [0.4, 0.5) is 5.82 Å². The Morgan fingerprint density at radius 1 is 1.17 bits per heavy atom. The topological polar surface area (TPSA) is 59.7 Å². The van der Waals surface area contributed by atoms with Gasteiger partial charge in [-0.1, -0.05) is 44.2 Å². The molecule has 0 radical (unpaired) electrons. The van der Waals surface area contributed by atoms with Crippen molar-refractivity contribution in [3.63, 3.8) is 0 Å². The van der Waals surface area contributed by atoms with Gasteiger partial charge < -0.3 is 9.47 Å². The number of benzene rings is 1. The van der Waals surface area contributed by atoms with Crippen LogP contribution in [-0.4, -0.2) is 31.3 Å². The van der Waals surface area contributed by atoms with Gasteiger partial charge in [0.1, 0.15) is 22.8 Å². The summed E-state index contributed by atoms with van der Waals surface area (Å²) in [5.74, 6) is 3.43. The zero-order valence-electron chi connectivity index (χ0n) is 17.6. The highest BCUT2D eigenvalue weighted by atomic mass is 32.1. The Labute approximate surface area is 180 Å². The molecular formula is C23H26N6S. The summed E-state index contributed by atoms with van der Waals surface area (Å²) in [6, 6.07) is 10.7. The maximum Gasteiger partial charge on any atom is 0.155 e. The van der Waals surface area contributed by atoms with Crippen molar-refractivity contribution in [3.05, 3.63) is 53.7 Å². The molecule has 0 bridgehead atoms. The summed E-state index contributed by atoms with van der Waals surface area (Å²) in [4.78, 5) is 13.2. The number of nitrogens with zero attached hydrogens (tertiary/aromatic N) is 6. The Morgan fingerprint density at radius 2 is 2.00 bits per heavy atom. The summed E-state index contributed by atoms with van der Waals surface area (Å²) in [6.07, 6.45) is 4.05. The lowest BCUT2D eigenvalue weighted by molar-refractivity contribution is 0.487. The maximum absolute atomic E-state index is 4.96. The maximum atomic E-state index is 4.96. The van der Waals surface area contributed by atoms with E-state index in [0.717, 1.165) is 53.6 Å². The molecule has 1 aromatic carbocycles. The van der Waals surface area contributed by atoms with Gasteiger partial charge in [-0.05, 0) is 31.2 Å². The fourth-order valence-electron chi connectivity index (χ4n) is 4.41. The van der Waals surface area contributed by atoms with Crippen LogP contribution in [0.1, 0.15) is 44.4 Å². The van der Waals surface area contributed by atoms with E-state index in [1.807, 2.05) is 13.3 Å². The first-order valence-corrected chi connectivity index (χ1v) is 11.5. The summed E-state index contributed by atoms with van der Waals surface area (Å²) in [6.45, 7) is 8.33. The molecule has 0 N–H and O–H groups in total. The van der Waals surface area contributed by atoms with E-state index in [-0.39, 0.29) is 6.04 Å². The smallest absolute Gasteiger partial charge is 0.155 e. The Hall–Kier alpha value is -2.80. The summed E-state index contributed by atoms with van der Waals surface area (Å²) >= 11 is 1.70. The van der Waals surface area contributed by atoms with E-state index >= 15 is 0 Å². The van der Waals surface area contributed by atoms with Gasteiger partial charge >= 0.3 is 0 Å². The van der Waals surface area contributed by atoms with E-state index in [2.05, 4.69) is 69.2 Å². The second kappa shape index (κ2) is 7.80. The Kier molecular flexibility index (Phi) is 4.98. The second-order valence-corrected chi connectivity index (χ2v) is 9.23. The van der Waals surface area contributed by atoms with Crippen LogP contribution in [-0.2, 0) is 6.54 Å². The molecule has 154 valence electrons. The van der Waals surface area contributed by atoms with E-state index in [1.54, 1.807) is 11.3 Å². The lowest BCUT2D eigenvalue weighted by Gasteiger charge is -2.27. The molecule has 7 heteroatoms. The number of hydrogen-bond donors (Lipinski definition) is 0. The quantitative estimate of drug-likeness (QED) is 0.443. The molecule has 0 amide bonds. The van der Waals surface area contributed by atoms with Crippen molar-refractivity contribution in [2.75, 3.05) is 11.4 Å². The molecule has 6 nitrogen and oxygen atoms in total. The molecule has 4 heterocycles. The van der Waals surface area contributed by atoms with Gasteiger partial charge in [-0.3, -0.25) is 0 Å². The molecular weight excluding hydrogens is 392 g/mol. The predicted molar refractivity (Wildman–Crippen MR) is 122 cm³/mol. The SMILES string of the molecule is Cc1nc(N2CCCC2c2nncn2CC(C)C)c2c(-c3ccccc3)csc2n1. The zero-order valence-corrected chi connectivity index (χ0v) is 18.4. The second-order valence-electron chi connectivity index (χ2n) is 8.38. The number of thiophene rings is 1. The van der Waals surface area contributed by atoms with Crippen LogP contribution >= 0.6 is 11.3 Å². The summed E-state index contributed by atoms with van der Waals surface area (Å²) in [5, 5.41) is 12.1. The Morgan fingerprint density at radius 3 is 2.80 bits per heavy atom. The lowest BCUT2D eigenvalue weighted by atomic mass is 10.1. The van der Waals surface area contributed by atoms with E-state index in [9.17, 15) is 0 Å². The molecule has 1 aliphatic rings. The van der Waals surface area contributed by atoms with Gasteiger partial charge in [0, 0.05) is 24.0 Å². The third-order valence-corrected chi connectivity index (χ3v) is 6.51. The van der Waals surface area contributed by atoms with E-state index < -0.39 is 0 Å². The number of aryl methyl sites for hydroxylation is 1. The van der Waals surface area contributed by atoms with Crippen LogP contribution in [0, 0.1) is 12.8 Å². The van der Waals surface area contributed by atoms with Gasteiger partial charge in [-0.2, -0.15) is 0 Å². The first kappa shape index (κ1) is 19.2. The Balaban J connectivity index is 1.64. The van der Waals surface area contributed by atoms with Gasteiger partial charge in [-0.15, -0.1) is 21.5 Å². The van der Waals surface area contributed by atoms with Gasteiger partial charge in [0.15, 0.2) is 5.82 Å². The highest BCUT2D eigenvalue weighted by Crippen LogP contribution is 2.43. The van der Waals surface area contributed by atoms with E-state index in [4.69, 9.17) is 9.97 Å². The fourth-order valence-corrected chi connectivity index (χ4v) is 5.40. The monoisotopic (exact) mass is 418 g/mol. The van der Waals surface area contributed by atoms with Gasteiger partial charge in [0.05, 0.1) is 11.4 Å². The van der Waals surface area contributed by atoms with Crippen LogP contribution in [0.3, 0.4) is 0 Å². The minimum absolute atomic E-state index is 0.187. The largest absolute Gasteiger partial charge is 0.346 e. The average Bonchev–Trinajstić information content (AvgIpc) is 3.46. The van der Waals surface area contributed by atoms with Crippen LogP contribution in [0.5, 0.6) is 0 Å². The molecule has 0 saturated carbocycles. The lowest BCUT2D eigenvalue weighted by Crippen LogP contribution is -2.27. The standard InChI is InChI=1S/C23H26N6S/c1-15(2)12-28-14-24-27-21(28)19-10-7-11-29(19)22-20-18(17-8-5-4-6-9-17)13-30-23(20)26-16(3)25-22/h4-6,8-9,13-15,19H,7,10-12H2,1-3H3. The fraction of sp³-hybridized carbons (Fsp3) is 0.391. The third-order valence-electron chi connectivity index (χ3n) is 5.64. The molecule has 30 heavy (non-hydrogen) atoms. The first-order valence-electron chi connectivity index (χ1n) is 10.6. The summed E-state index contributed by atoms with van der Waals surface area (Å²) < 4.78 is 2.21. The molecule has 1 unspecified atom stereocenters. The van der Waals surface area contributed by atoms with E-state index in [1.165, 1.54) is 11.1 Å². The molecule has 3 aromatic heterocycles. The molecule has 5 rings (SSSR count). The molecule has 1 aliphatic heterocycles. The van der Waals surface area contributed by atoms with Crippen LogP contribution < -0.4 is 4.90 Å². The van der Waals surface area contributed by atoms with Crippen molar-refractivity contribution in [3.8, 4) is 11.1 Å².